The van der Waals surface area contributed by atoms with Gasteiger partial charge in [0.1, 0.15) is 5.82 Å². The van der Waals surface area contributed by atoms with Gasteiger partial charge >= 0.3 is 6.18 Å². The maximum absolute atomic E-state index is 13.5. The van der Waals surface area contributed by atoms with Crippen LogP contribution in [0.2, 0.25) is 0 Å². The molecule has 100 valence electrons. The van der Waals surface area contributed by atoms with Crippen molar-refractivity contribution in [2.24, 2.45) is 0 Å². The van der Waals surface area contributed by atoms with Gasteiger partial charge in [0, 0.05) is 24.9 Å². The lowest BCUT2D eigenvalue weighted by molar-refractivity contribution is -0.144. The lowest BCUT2D eigenvalue weighted by Crippen LogP contribution is -2.13. The minimum absolute atomic E-state index is 0.0477. The van der Waals surface area contributed by atoms with Gasteiger partial charge < -0.3 is 5.32 Å². The monoisotopic (exact) mass is 272 g/mol. The number of rotatable bonds is 2. The summed E-state index contributed by atoms with van der Waals surface area (Å²) in [6.07, 6.45) is -2.53. The molecule has 2 aromatic heterocycles. The Morgan fingerprint density at radius 3 is 2.53 bits per heavy atom. The predicted octanol–water partition coefficient (Wildman–Crippen LogP) is 2.74. The smallest absolute Gasteiger partial charge is 0.373 e. The number of nitrogens with zero attached hydrogens (tertiary/aromatic N) is 3. The summed E-state index contributed by atoms with van der Waals surface area (Å²) in [6, 6.07) is 2.48. The van der Waals surface area contributed by atoms with E-state index in [1.54, 1.807) is 0 Å². The summed E-state index contributed by atoms with van der Waals surface area (Å²) in [5, 5.41) is 2.48. The third kappa shape index (κ3) is 2.78. The highest BCUT2D eigenvalue weighted by molar-refractivity contribution is 5.62. The highest BCUT2D eigenvalue weighted by Crippen LogP contribution is 2.30. The van der Waals surface area contributed by atoms with Crippen LogP contribution in [0.15, 0.2) is 24.5 Å². The van der Waals surface area contributed by atoms with E-state index in [4.69, 9.17) is 0 Å². The van der Waals surface area contributed by atoms with E-state index >= 15 is 0 Å². The lowest BCUT2D eigenvalue weighted by Gasteiger charge is -2.10. The van der Waals surface area contributed by atoms with Crippen molar-refractivity contribution >= 4 is 5.82 Å². The van der Waals surface area contributed by atoms with Crippen LogP contribution in [0.25, 0.3) is 11.3 Å². The maximum Gasteiger partial charge on any atom is 0.451 e. The topological polar surface area (TPSA) is 50.7 Å². The van der Waals surface area contributed by atoms with Gasteiger partial charge in [0.25, 0.3) is 0 Å². The molecule has 0 atom stereocenters. The molecule has 19 heavy (non-hydrogen) atoms. The Labute approximate surface area is 105 Å². The van der Waals surface area contributed by atoms with Crippen LogP contribution in [0.5, 0.6) is 0 Å². The van der Waals surface area contributed by atoms with Crippen LogP contribution in [0.3, 0.4) is 0 Å². The SMILES string of the molecule is CNc1cc(-c2ccncc2F)nc(C(F)(F)F)n1. The molecule has 0 bridgehead atoms. The summed E-state index contributed by atoms with van der Waals surface area (Å²) in [5.41, 5.74) is -0.231. The number of hydrogen-bond donors (Lipinski definition) is 1. The number of halogens is 4. The van der Waals surface area contributed by atoms with Gasteiger partial charge in [0.2, 0.25) is 5.82 Å². The largest absolute Gasteiger partial charge is 0.451 e. The fourth-order valence-corrected chi connectivity index (χ4v) is 1.42. The van der Waals surface area contributed by atoms with Gasteiger partial charge in [0.15, 0.2) is 5.82 Å². The van der Waals surface area contributed by atoms with E-state index in [0.717, 1.165) is 6.20 Å². The Bertz CT molecular complexity index is 597. The zero-order valence-corrected chi connectivity index (χ0v) is 9.66. The van der Waals surface area contributed by atoms with Crippen LogP contribution in [-0.2, 0) is 6.18 Å². The van der Waals surface area contributed by atoms with Gasteiger partial charge in [0.05, 0.1) is 11.9 Å². The van der Waals surface area contributed by atoms with Gasteiger partial charge in [-0.05, 0) is 6.07 Å². The number of aromatic nitrogens is 3. The average Bonchev–Trinajstić information content (AvgIpc) is 2.37. The van der Waals surface area contributed by atoms with E-state index < -0.39 is 17.8 Å². The summed E-state index contributed by atoms with van der Waals surface area (Å²) < 4.78 is 51.4. The minimum atomic E-state index is -4.70. The molecule has 0 aliphatic rings. The first-order valence-corrected chi connectivity index (χ1v) is 5.15. The minimum Gasteiger partial charge on any atom is -0.373 e. The molecule has 2 aromatic rings. The summed E-state index contributed by atoms with van der Waals surface area (Å²) in [7, 11) is 1.41. The normalized spacial score (nSPS) is 11.4. The Balaban J connectivity index is 2.61. The fourth-order valence-electron chi connectivity index (χ4n) is 1.42. The Hall–Kier alpha value is -2.25. The van der Waals surface area contributed by atoms with Crippen LogP contribution in [0, 0.1) is 5.82 Å². The first kappa shape index (κ1) is 13.2. The molecule has 0 aliphatic carbocycles. The lowest BCUT2D eigenvalue weighted by atomic mass is 10.2. The number of hydrogen-bond acceptors (Lipinski definition) is 4. The first-order valence-electron chi connectivity index (χ1n) is 5.15. The molecule has 0 unspecified atom stereocenters. The average molecular weight is 272 g/mol. The molecule has 0 radical (unpaired) electrons. The van der Waals surface area contributed by atoms with Crippen LogP contribution >= 0.6 is 0 Å². The summed E-state index contributed by atoms with van der Waals surface area (Å²) >= 11 is 0. The standard InChI is InChI=1S/C11H8F4N4/c1-16-9-4-8(6-2-3-17-5-7(6)12)18-10(19-9)11(13,14)15/h2-5H,1H3,(H,16,18,19). The quantitative estimate of drug-likeness (QED) is 0.854. The summed E-state index contributed by atoms with van der Waals surface area (Å²) in [5.74, 6) is -2.13. The Morgan fingerprint density at radius 1 is 1.21 bits per heavy atom. The van der Waals surface area contributed by atoms with Gasteiger partial charge in [-0.2, -0.15) is 13.2 Å². The molecular formula is C11H8F4N4. The second-order valence-electron chi connectivity index (χ2n) is 3.57. The molecule has 0 aromatic carbocycles. The van der Waals surface area contributed by atoms with Gasteiger partial charge in [-0.3, -0.25) is 4.98 Å². The molecule has 0 saturated heterocycles. The Kier molecular flexibility index (Phi) is 3.32. The zero-order chi connectivity index (χ0) is 14.0. The van der Waals surface area contributed by atoms with E-state index in [1.165, 1.54) is 25.4 Å². The van der Waals surface area contributed by atoms with E-state index in [1.807, 2.05) is 0 Å². The van der Waals surface area contributed by atoms with Crippen LogP contribution < -0.4 is 5.32 Å². The van der Waals surface area contributed by atoms with Crippen molar-refractivity contribution in [3.8, 4) is 11.3 Å². The maximum atomic E-state index is 13.5. The van der Waals surface area contributed by atoms with E-state index in [0.29, 0.717) is 0 Å². The number of pyridine rings is 1. The van der Waals surface area contributed by atoms with E-state index in [2.05, 4.69) is 20.3 Å². The molecule has 2 heterocycles. The van der Waals surface area contributed by atoms with Crippen molar-refractivity contribution in [1.29, 1.82) is 0 Å². The molecule has 8 heteroatoms. The second-order valence-corrected chi connectivity index (χ2v) is 3.57. The van der Waals surface area contributed by atoms with Crippen LogP contribution in [0.4, 0.5) is 23.4 Å². The third-order valence-corrected chi connectivity index (χ3v) is 2.28. The molecular weight excluding hydrogens is 264 g/mol. The highest BCUT2D eigenvalue weighted by atomic mass is 19.4. The molecule has 1 N–H and O–H groups in total. The molecule has 0 aliphatic heterocycles. The number of anilines is 1. The van der Waals surface area contributed by atoms with Crippen molar-refractivity contribution in [2.75, 3.05) is 12.4 Å². The first-order chi connectivity index (χ1) is 8.91. The van der Waals surface area contributed by atoms with Crippen molar-refractivity contribution in [3.05, 3.63) is 36.2 Å². The zero-order valence-electron chi connectivity index (χ0n) is 9.66. The van der Waals surface area contributed by atoms with Crippen molar-refractivity contribution in [1.82, 2.24) is 15.0 Å². The van der Waals surface area contributed by atoms with Crippen LogP contribution in [0.1, 0.15) is 5.82 Å². The Morgan fingerprint density at radius 2 is 1.95 bits per heavy atom. The van der Waals surface area contributed by atoms with E-state index in [9.17, 15) is 17.6 Å². The molecule has 0 fully saturated rings. The molecule has 0 amide bonds. The van der Waals surface area contributed by atoms with Gasteiger partial charge in [-0.1, -0.05) is 0 Å². The van der Waals surface area contributed by atoms with Crippen LogP contribution in [-0.4, -0.2) is 22.0 Å². The second kappa shape index (κ2) is 4.79. The summed E-state index contributed by atoms with van der Waals surface area (Å²) in [6.45, 7) is 0. The van der Waals surface area contributed by atoms with Crippen molar-refractivity contribution in [3.63, 3.8) is 0 Å². The highest BCUT2D eigenvalue weighted by Gasteiger charge is 2.35. The molecule has 0 saturated carbocycles. The van der Waals surface area contributed by atoms with Crippen molar-refractivity contribution < 1.29 is 17.6 Å². The van der Waals surface area contributed by atoms with E-state index in [-0.39, 0.29) is 17.1 Å². The predicted molar refractivity (Wildman–Crippen MR) is 59.8 cm³/mol. The summed E-state index contributed by atoms with van der Waals surface area (Å²) in [4.78, 5) is 10.2. The number of alkyl halides is 3. The van der Waals surface area contributed by atoms with Gasteiger partial charge in [-0.25, -0.2) is 14.4 Å². The molecule has 2 rings (SSSR count). The van der Waals surface area contributed by atoms with Gasteiger partial charge in [-0.15, -0.1) is 0 Å². The fraction of sp³-hybridized carbons (Fsp3) is 0.182. The third-order valence-electron chi connectivity index (χ3n) is 2.28. The number of nitrogens with one attached hydrogen (secondary N) is 1. The molecule has 4 nitrogen and oxygen atoms in total. The molecule has 0 spiro atoms. The van der Waals surface area contributed by atoms with Crippen molar-refractivity contribution in [2.45, 2.75) is 6.18 Å².